The zero-order valence-electron chi connectivity index (χ0n) is 19.1. The Hall–Kier alpha value is -0.820. The van der Waals surface area contributed by atoms with Crippen molar-refractivity contribution in [1.29, 1.82) is 0 Å². The SMILES string of the molecule is C=C(CCC=C(C)C)C(C)(C)C.CC(C)=CCC[C@](C)(O)C(C)(C)C. The topological polar surface area (TPSA) is 20.2 Å². The molecule has 1 atom stereocenters. The number of hydrogen-bond acceptors (Lipinski definition) is 1. The van der Waals surface area contributed by atoms with Crippen LogP contribution in [0.2, 0.25) is 0 Å². The van der Waals surface area contributed by atoms with Gasteiger partial charge in [0.25, 0.3) is 0 Å². The van der Waals surface area contributed by atoms with Gasteiger partial charge in [-0.05, 0) is 71.1 Å². The summed E-state index contributed by atoms with van der Waals surface area (Å²) in [5.41, 5.74) is 3.73. The summed E-state index contributed by atoms with van der Waals surface area (Å²) in [7, 11) is 0. The van der Waals surface area contributed by atoms with Crippen LogP contribution in [0.3, 0.4) is 0 Å². The Morgan fingerprint density at radius 3 is 1.52 bits per heavy atom. The van der Waals surface area contributed by atoms with Gasteiger partial charge in [-0.25, -0.2) is 0 Å². The fourth-order valence-electron chi connectivity index (χ4n) is 1.93. The highest BCUT2D eigenvalue weighted by Gasteiger charge is 2.34. The van der Waals surface area contributed by atoms with Crippen molar-refractivity contribution in [3.8, 4) is 0 Å². The average molecular weight is 351 g/mol. The molecule has 0 radical (unpaired) electrons. The largest absolute Gasteiger partial charge is 0.390 e. The molecule has 0 aliphatic carbocycles. The minimum Gasteiger partial charge on any atom is -0.390 e. The highest BCUT2D eigenvalue weighted by Crippen LogP contribution is 2.33. The molecule has 0 unspecified atom stereocenters. The van der Waals surface area contributed by atoms with E-state index in [4.69, 9.17) is 0 Å². The van der Waals surface area contributed by atoms with Gasteiger partial charge >= 0.3 is 0 Å². The van der Waals surface area contributed by atoms with Gasteiger partial charge in [-0.15, -0.1) is 0 Å². The third-order valence-electron chi connectivity index (χ3n) is 4.86. The highest BCUT2D eigenvalue weighted by molar-refractivity contribution is 5.07. The van der Waals surface area contributed by atoms with Crippen molar-refractivity contribution in [3.05, 3.63) is 35.5 Å². The first-order chi connectivity index (χ1) is 11.0. The molecule has 0 aromatic heterocycles. The first-order valence-electron chi connectivity index (χ1n) is 9.68. The van der Waals surface area contributed by atoms with Gasteiger partial charge in [-0.2, -0.15) is 0 Å². The van der Waals surface area contributed by atoms with E-state index in [1.807, 2.05) is 6.92 Å². The fraction of sp³-hybridized carbons (Fsp3) is 0.750. The van der Waals surface area contributed by atoms with E-state index in [-0.39, 0.29) is 10.8 Å². The van der Waals surface area contributed by atoms with E-state index in [1.54, 1.807) is 0 Å². The van der Waals surface area contributed by atoms with E-state index < -0.39 is 5.60 Å². The summed E-state index contributed by atoms with van der Waals surface area (Å²) in [5, 5.41) is 10.1. The zero-order valence-corrected chi connectivity index (χ0v) is 19.1. The minimum absolute atomic E-state index is 0.0392. The first-order valence-corrected chi connectivity index (χ1v) is 9.68. The predicted octanol–water partition coefficient (Wildman–Crippen LogP) is 7.87. The number of rotatable bonds is 6. The number of hydrogen-bond donors (Lipinski definition) is 1. The van der Waals surface area contributed by atoms with Crippen LogP contribution in [0.15, 0.2) is 35.5 Å². The summed E-state index contributed by atoms with van der Waals surface area (Å²) in [6.45, 7) is 27.4. The molecule has 0 saturated heterocycles. The summed E-state index contributed by atoms with van der Waals surface area (Å²) < 4.78 is 0. The monoisotopic (exact) mass is 350 g/mol. The predicted molar refractivity (Wildman–Crippen MR) is 116 cm³/mol. The molecule has 25 heavy (non-hydrogen) atoms. The maximum Gasteiger partial charge on any atom is 0.0670 e. The summed E-state index contributed by atoms with van der Waals surface area (Å²) in [6.07, 6.45) is 8.51. The zero-order chi connectivity index (χ0) is 20.5. The van der Waals surface area contributed by atoms with Crippen molar-refractivity contribution in [2.45, 2.75) is 107 Å². The van der Waals surface area contributed by atoms with Gasteiger partial charge in [-0.1, -0.05) is 77.0 Å². The Bertz CT molecular complexity index is 439. The van der Waals surface area contributed by atoms with Crippen LogP contribution >= 0.6 is 0 Å². The Morgan fingerprint density at radius 2 is 1.20 bits per heavy atom. The van der Waals surface area contributed by atoms with Crippen LogP contribution in [0.4, 0.5) is 0 Å². The summed E-state index contributed by atoms with van der Waals surface area (Å²) in [6, 6.07) is 0. The molecule has 0 bridgehead atoms. The van der Waals surface area contributed by atoms with E-state index in [1.165, 1.54) is 16.7 Å². The molecular weight excluding hydrogens is 304 g/mol. The average Bonchev–Trinajstić information content (AvgIpc) is 2.35. The molecule has 0 aliphatic rings. The number of allylic oxidation sites excluding steroid dienone is 5. The lowest BCUT2D eigenvalue weighted by atomic mass is 9.75. The Balaban J connectivity index is 0. The molecule has 0 fully saturated rings. The molecule has 1 nitrogen and oxygen atoms in total. The van der Waals surface area contributed by atoms with Crippen molar-refractivity contribution in [2.24, 2.45) is 10.8 Å². The summed E-state index contributed by atoms with van der Waals surface area (Å²) in [5.74, 6) is 0. The second kappa shape index (κ2) is 11.0. The normalized spacial score (nSPS) is 13.9. The molecule has 0 amide bonds. The van der Waals surface area contributed by atoms with Crippen LogP contribution in [0.1, 0.15) is 102 Å². The van der Waals surface area contributed by atoms with Gasteiger partial charge in [0.15, 0.2) is 0 Å². The van der Waals surface area contributed by atoms with Gasteiger partial charge < -0.3 is 5.11 Å². The van der Waals surface area contributed by atoms with Crippen molar-refractivity contribution >= 4 is 0 Å². The summed E-state index contributed by atoms with van der Waals surface area (Å²) >= 11 is 0. The van der Waals surface area contributed by atoms with Crippen LogP contribution in [0.5, 0.6) is 0 Å². The molecule has 0 heterocycles. The van der Waals surface area contributed by atoms with Gasteiger partial charge in [-0.3, -0.25) is 0 Å². The van der Waals surface area contributed by atoms with Gasteiger partial charge in [0, 0.05) is 0 Å². The van der Waals surface area contributed by atoms with Crippen molar-refractivity contribution in [2.75, 3.05) is 0 Å². The maximum atomic E-state index is 10.1. The second-order valence-electron chi connectivity index (χ2n) is 10.0. The molecular formula is C24H46O. The third-order valence-corrected chi connectivity index (χ3v) is 4.86. The van der Waals surface area contributed by atoms with Gasteiger partial charge in [0.2, 0.25) is 0 Å². The molecule has 0 aromatic carbocycles. The molecule has 0 saturated carbocycles. The van der Waals surface area contributed by atoms with Gasteiger partial charge in [0.1, 0.15) is 0 Å². The van der Waals surface area contributed by atoms with Crippen molar-refractivity contribution in [3.63, 3.8) is 0 Å². The Kier molecular flexibility index (Phi) is 11.6. The van der Waals surface area contributed by atoms with E-state index in [0.717, 1.165) is 25.7 Å². The molecule has 0 aromatic rings. The van der Waals surface area contributed by atoms with E-state index in [9.17, 15) is 5.11 Å². The quantitative estimate of drug-likeness (QED) is 0.483. The van der Waals surface area contributed by atoms with Crippen molar-refractivity contribution < 1.29 is 5.11 Å². The van der Waals surface area contributed by atoms with Crippen LogP contribution < -0.4 is 0 Å². The van der Waals surface area contributed by atoms with Crippen LogP contribution in [0.25, 0.3) is 0 Å². The highest BCUT2D eigenvalue weighted by atomic mass is 16.3. The Labute approximate surface area is 159 Å². The molecule has 1 heteroatoms. The van der Waals surface area contributed by atoms with Crippen LogP contribution in [-0.2, 0) is 0 Å². The first kappa shape index (κ1) is 26.4. The molecule has 0 spiro atoms. The lowest BCUT2D eigenvalue weighted by molar-refractivity contribution is -0.0471. The van der Waals surface area contributed by atoms with E-state index >= 15 is 0 Å². The van der Waals surface area contributed by atoms with Crippen LogP contribution in [0, 0.1) is 10.8 Å². The van der Waals surface area contributed by atoms with E-state index in [0.29, 0.717) is 0 Å². The fourth-order valence-corrected chi connectivity index (χ4v) is 1.93. The standard InChI is InChI=1S/C12H24O.C12H22/c1-10(2)8-7-9-12(6,13)11(3,4)5;1-10(2)8-7-9-11(3)12(4,5)6/h8,13H,7,9H2,1-6H3;8H,3,7,9H2,1-2,4-6H3/t12-;/m0./s1. The molecule has 0 aliphatic heterocycles. The summed E-state index contributed by atoms with van der Waals surface area (Å²) in [4.78, 5) is 0. The molecule has 148 valence electrons. The lowest BCUT2D eigenvalue weighted by Gasteiger charge is -2.37. The van der Waals surface area contributed by atoms with Crippen LogP contribution in [-0.4, -0.2) is 10.7 Å². The maximum absolute atomic E-state index is 10.1. The molecule has 1 N–H and O–H groups in total. The van der Waals surface area contributed by atoms with Crippen molar-refractivity contribution in [1.82, 2.24) is 0 Å². The number of aliphatic hydroxyl groups is 1. The van der Waals surface area contributed by atoms with E-state index in [2.05, 4.69) is 88.0 Å². The smallest absolute Gasteiger partial charge is 0.0670 e. The molecule has 0 rings (SSSR count). The third kappa shape index (κ3) is 14.1. The second-order valence-corrected chi connectivity index (χ2v) is 10.0. The van der Waals surface area contributed by atoms with Gasteiger partial charge in [0.05, 0.1) is 5.60 Å². The Morgan fingerprint density at radius 1 is 0.800 bits per heavy atom. The lowest BCUT2D eigenvalue weighted by Crippen LogP contribution is -2.39. The minimum atomic E-state index is -0.570.